The van der Waals surface area contributed by atoms with Crippen molar-refractivity contribution in [3.8, 4) is 0 Å². The normalized spacial score (nSPS) is 17.5. The number of guanidine groups is 1. The zero-order valence-electron chi connectivity index (χ0n) is 17.2. The smallest absolute Gasteiger partial charge is 0.401 e. The second kappa shape index (κ2) is 12.5. The first-order chi connectivity index (χ1) is 13.3. The Morgan fingerprint density at radius 1 is 1.45 bits per heavy atom. The second-order valence-electron chi connectivity index (χ2n) is 7.40. The Kier molecular flexibility index (Phi) is 11.1. The van der Waals surface area contributed by atoms with E-state index in [4.69, 9.17) is 4.42 Å². The van der Waals surface area contributed by atoms with Crippen LogP contribution in [0.15, 0.2) is 40.0 Å². The van der Waals surface area contributed by atoms with E-state index in [1.807, 2.05) is 19.1 Å². The Labute approximate surface area is 188 Å². The molecule has 0 bridgehead atoms. The van der Waals surface area contributed by atoms with Gasteiger partial charge in [-0.05, 0) is 37.9 Å². The molecule has 166 valence electrons. The van der Waals surface area contributed by atoms with Crippen molar-refractivity contribution in [1.29, 1.82) is 0 Å². The Bertz CT molecular complexity index is 634. The molecule has 1 N–H and O–H groups in total. The number of hydrogen-bond acceptors (Lipinski definition) is 3. The number of halogens is 4. The molecule has 0 aliphatic carbocycles. The minimum absolute atomic E-state index is 0. The minimum atomic E-state index is -4.16. The highest BCUT2D eigenvalue weighted by atomic mass is 127. The molecule has 0 saturated carbocycles. The van der Waals surface area contributed by atoms with Gasteiger partial charge in [0.15, 0.2) is 5.96 Å². The summed E-state index contributed by atoms with van der Waals surface area (Å²) < 4.78 is 43.5. The molecule has 5 nitrogen and oxygen atoms in total. The largest absolute Gasteiger partial charge is 0.469 e. The lowest BCUT2D eigenvalue weighted by Gasteiger charge is -2.26. The van der Waals surface area contributed by atoms with Gasteiger partial charge in [0.25, 0.3) is 0 Å². The van der Waals surface area contributed by atoms with E-state index >= 15 is 0 Å². The molecule has 9 heteroatoms. The summed E-state index contributed by atoms with van der Waals surface area (Å²) in [6.45, 7) is 10.3. The molecular formula is C20H32F3IN4O. The molecule has 1 fully saturated rings. The highest BCUT2D eigenvalue weighted by Crippen LogP contribution is 2.21. The molecule has 29 heavy (non-hydrogen) atoms. The summed E-state index contributed by atoms with van der Waals surface area (Å²) in [5.41, 5.74) is 0.961. The van der Waals surface area contributed by atoms with E-state index in [9.17, 15) is 13.2 Å². The number of furan rings is 1. The number of nitrogens with zero attached hydrogens (tertiary/aromatic N) is 3. The van der Waals surface area contributed by atoms with Crippen LogP contribution < -0.4 is 5.32 Å². The van der Waals surface area contributed by atoms with Crippen molar-refractivity contribution in [3.63, 3.8) is 0 Å². The maximum Gasteiger partial charge on any atom is 0.401 e. The van der Waals surface area contributed by atoms with Crippen LogP contribution in [0.2, 0.25) is 0 Å². The van der Waals surface area contributed by atoms with Crippen LogP contribution in [0, 0.1) is 5.92 Å². The zero-order valence-corrected chi connectivity index (χ0v) is 19.5. The van der Waals surface area contributed by atoms with Gasteiger partial charge >= 0.3 is 6.18 Å². The van der Waals surface area contributed by atoms with E-state index in [-0.39, 0.29) is 29.9 Å². The molecule has 1 aliphatic heterocycles. The Balaban J connectivity index is 0.00000420. The van der Waals surface area contributed by atoms with E-state index in [0.717, 1.165) is 36.7 Å². The molecule has 2 heterocycles. The molecule has 1 aromatic rings. The summed E-state index contributed by atoms with van der Waals surface area (Å²) in [6, 6.07) is 3.79. The molecule has 0 radical (unpaired) electrons. The summed E-state index contributed by atoms with van der Waals surface area (Å²) in [5.74, 6) is 1.89. The van der Waals surface area contributed by atoms with Crippen molar-refractivity contribution in [2.24, 2.45) is 10.9 Å². The first-order valence-corrected chi connectivity index (χ1v) is 9.76. The van der Waals surface area contributed by atoms with Crippen LogP contribution in [0.5, 0.6) is 0 Å². The predicted molar refractivity (Wildman–Crippen MR) is 121 cm³/mol. The van der Waals surface area contributed by atoms with Crippen LogP contribution in [-0.2, 0) is 6.42 Å². The van der Waals surface area contributed by atoms with Gasteiger partial charge in [0.05, 0.1) is 19.4 Å². The van der Waals surface area contributed by atoms with Gasteiger partial charge in [0, 0.05) is 32.6 Å². The second-order valence-corrected chi connectivity index (χ2v) is 7.40. The number of likely N-dealkylation sites (tertiary alicyclic amines) is 1. The summed E-state index contributed by atoms with van der Waals surface area (Å²) in [5, 5.41) is 3.36. The zero-order chi connectivity index (χ0) is 20.6. The topological polar surface area (TPSA) is 44.0 Å². The molecule has 1 saturated heterocycles. The average molecular weight is 528 g/mol. The fraction of sp³-hybridized carbons (Fsp3) is 0.650. The molecule has 2 rings (SSSR count). The number of aliphatic imine (C=N–C) groups is 1. The summed E-state index contributed by atoms with van der Waals surface area (Å²) in [6.07, 6.45) is -0.904. The van der Waals surface area contributed by atoms with Gasteiger partial charge in [-0.3, -0.25) is 4.90 Å². The molecule has 1 aliphatic rings. The van der Waals surface area contributed by atoms with E-state index < -0.39 is 12.7 Å². The lowest BCUT2D eigenvalue weighted by Crippen LogP contribution is -2.42. The van der Waals surface area contributed by atoms with Crippen molar-refractivity contribution in [3.05, 3.63) is 36.3 Å². The minimum Gasteiger partial charge on any atom is -0.469 e. The van der Waals surface area contributed by atoms with Crippen molar-refractivity contribution < 1.29 is 17.6 Å². The SMILES string of the molecule is C=C(C)CN=C(NCCc1ccco1)N1CCC(CN(CC)CC(F)(F)F)C1.I. The number of rotatable bonds is 9. The average Bonchev–Trinajstić information content (AvgIpc) is 3.27. The number of nitrogens with one attached hydrogen (secondary N) is 1. The van der Waals surface area contributed by atoms with Crippen LogP contribution in [0.4, 0.5) is 13.2 Å². The summed E-state index contributed by atoms with van der Waals surface area (Å²) >= 11 is 0. The van der Waals surface area contributed by atoms with Gasteiger partial charge in [-0.1, -0.05) is 19.1 Å². The number of alkyl halides is 3. The van der Waals surface area contributed by atoms with E-state index in [1.165, 1.54) is 4.90 Å². The third-order valence-corrected chi connectivity index (χ3v) is 4.69. The maximum atomic E-state index is 12.7. The van der Waals surface area contributed by atoms with Crippen LogP contribution >= 0.6 is 24.0 Å². The quantitative estimate of drug-likeness (QED) is 0.226. The standard InChI is InChI=1S/C20H31F3N4O.HI/c1-4-26(15-20(21,22)23)13-17-8-10-27(14-17)19(25-12-16(2)3)24-9-7-18-6-5-11-28-18;/h5-6,11,17H,2,4,7-10,12-15H2,1,3H3,(H,24,25);1H. The highest BCUT2D eigenvalue weighted by Gasteiger charge is 2.33. The highest BCUT2D eigenvalue weighted by molar-refractivity contribution is 14.0. The molecule has 0 amide bonds. The van der Waals surface area contributed by atoms with E-state index in [2.05, 4.69) is 21.8 Å². The molecule has 1 aromatic heterocycles. The van der Waals surface area contributed by atoms with Gasteiger partial charge in [0.2, 0.25) is 0 Å². The third-order valence-electron chi connectivity index (χ3n) is 4.69. The first-order valence-electron chi connectivity index (χ1n) is 9.76. The predicted octanol–water partition coefficient (Wildman–Crippen LogP) is 4.17. The molecule has 1 unspecified atom stereocenters. The molecule has 0 aromatic carbocycles. The Morgan fingerprint density at radius 2 is 2.21 bits per heavy atom. The van der Waals surface area contributed by atoms with Gasteiger partial charge in [-0.2, -0.15) is 13.2 Å². The summed E-state index contributed by atoms with van der Waals surface area (Å²) in [7, 11) is 0. The Morgan fingerprint density at radius 3 is 2.79 bits per heavy atom. The van der Waals surface area contributed by atoms with Gasteiger partial charge in [-0.25, -0.2) is 4.99 Å². The number of hydrogen-bond donors (Lipinski definition) is 1. The molecule has 1 atom stereocenters. The van der Waals surface area contributed by atoms with Crippen LogP contribution in [-0.4, -0.2) is 67.7 Å². The summed E-state index contributed by atoms with van der Waals surface area (Å²) in [4.78, 5) is 8.24. The van der Waals surface area contributed by atoms with Gasteiger partial charge in [0.1, 0.15) is 5.76 Å². The fourth-order valence-corrected chi connectivity index (χ4v) is 3.33. The van der Waals surface area contributed by atoms with Gasteiger partial charge in [-0.15, -0.1) is 24.0 Å². The van der Waals surface area contributed by atoms with Crippen molar-refractivity contribution in [2.45, 2.75) is 32.9 Å². The lowest BCUT2D eigenvalue weighted by atomic mass is 10.1. The van der Waals surface area contributed by atoms with Crippen molar-refractivity contribution >= 4 is 29.9 Å². The molecular weight excluding hydrogens is 496 g/mol. The molecule has 0 spiro atoms. The third kappa shape index (κ3) is 9.88. The Hall–Kier alpha value is -1.23. The van der Waals surface area contributed by atoms with E-state index in [0.29, 0.717) is 32.7 Å². The maximum absolute atomic E-state index is 12.7. The van der Waals surface area contributed by atoms with Crippen molar-refractivity contribution in [1.82, 2.24) is 15.1 Å². The lowest BCUT2D eigenvalue weighted by molar-refractivity contribution is -0.146. The fourth-order valence-electron chi connectivity index (χ4n) is 3.33. The monoisotopic (exact) mass is 528 g/mol. The van der Waals surface area contributed by atoms with E-state index in [1.54, 1.807) is 13.2 Å². The van der Waals surface area contributed by atoms with Crippen LogP contribution in [0.25, 0.3) is 0 Å². The van der Waals surface area contributed by atoms with Crippen molar-refractivity contribution in [2.75, 3.05) is 45.8 Å². The first kappa shape index (κ1) is 25.8. The van der Waals surface area contributed by atoms with Gasteiger partial charge < -0.3 is 14.6 Å². The van der Waals surface area contributed by atoms with Crippen LogP contribution in [0.1, 0.15) is 26.0 Å². The van der Waals surface area contributed by atoms with Crippen LogP contribution in [0.3, 0.4) is 0 Å².